The highest BCUT2D eigenvalue weighted by Crippen LogP contribution is 2.31. The average Bonchev–Trinajstić information content (AvgIpc) is 2.73. The molecule has 30 heavy (non-hydrogen) atoms. The van der Waals surface area contributed by atoms with Crippen molar-refractivity contribution < 1.29 is 22.4 Å². The highest BCUT2D eigenvalue weighted by Gasteiger charge is 2.27. The molecule has 1 amide bonds. The van der Waals surface area contributed by atoms with E-state index in [9.17, 15) is 22.4 Å². The van der Waals surface area contributed by atoms with Gasteiger partial charge in [0.1, 0.15) is 18.3 Å². The zero-order valence-corrected chi connectivity index (χ0v) is 16.1. The first-order valence-electron chi connectivity index (χ1n) is 8.53. The van der Waals surface area contributed by atoms with E-state index < -0.39 is 24.5 Å². The number of pyridine rings is 3. The van der Waals surface area contributed by atoms with E-state index in [2.05, 4.69) is 25.6 Å². The summed E-state index contributed by atoms with van der Waals surface area (Å²) in [5.74, 6) is -0.892. The second-order valence-corrected chi connectivity index (χ2v) is 6.99. The number of alkyl halides is 4. The van der Waals surface area contributed by atoms with Crippen LogP contribution in [0.1, 0.15) is 15.9 Å². The van der Waals surface area contributed by atoms with Crippen LogP contribution in [0.4, 0.5) is 34.9 Å². The van der Waals surface area contributed by atoms with Crippen molar-refractivity contribution in [2.24, 2.45) is 0 Å². The van der Waals surface area contributed by atoms with Crippen LogP contribution in [0.15, 0.2) is 60.0 Å². The summed E-state index contributed by atoms with van der Waals surface area (Å²) in [5, 5.41) is 5.46. The first-order valence-corrected chi connectivity index (χ1v) is 9.51. The number of hydrogen-bond donors (Lipinski definition) is 2. The van der Waals surface area contributed by atoms with Gasteiger partial charge in [-0.1, -0.05) is 6.07 Å². The summed E-state index contributed by atoms with van der Waals surface area (Å²) in [6.45, 7) is -0.626. The molecule has 0 bridgehead atoms. The number of nitrogens with zero attached hydrogens (tertiary/aromatic N) is 3. The molecule has 0 spiro atoms. The first-order chi connectivity index (χ1) is 14.3. The number of rotatable bonds is 7. The van der Waals surface area contributed by atoms with Crippen LogP contribution in [0.5, 0.6) is 0 Å². The van der Waals surface area contributed by atoms with Gasteiger partial charge < -0.3 is 10.6 Å². The van der Waals surface area contributed by atoms with E-state index in [-0.39, 0.29) is 16.1 Å². The van der Waals surface area contributed by atoms with Gasteiger partial charge in [0.2, 0.25) is 0 Å². The molecule has 0 aliphatic rings. The fourth-order valence-electron chi connectivity index (χ4n) is 2.30. The molecule has 11 heteroatoms. The van der Waals surface area contributed by atoms with Crippen LogP contribution in [0.2, 0.25) is 0 Å². The molecule has 0 aliphatic heterocycles. The Balaban J connectivity index is 1.71. The van der Waals surface area contributed by atoms with Crippen LogP contribution in [0, 0.1) is 0 Å². The zero-order valence-electron chi connectivity index (χ0n) is 15.3. The van der Waals surface area contributed by atoms with Crippen LogP contribution in [0.25, 0.3) is 0 Å². The molecule has 2 N–H and O–H groups in total. The van der Waals surface area contributed by atoms with E-state index in [0.717, 1.165) is 0 Å². The minimum atomic E-state index is -4.34. The van der Waals surface area contributed by atoms with Gasteiger partial charge in [0.15, 0.2) is 0 Å². The monoisotopic (exact) mass is 437 g/mol. The van der Waals surface area contributed by atoms with Crippen molar-refractivity contribution in [2.75, 3.05) is 16.4 Å². The van der Waals surface area contributed by atoms with Crippen molar-refractivity contribution in [1.82, 2.24) is 15.0 Å². The molecule has 3 aromatic rings. The maximum Gasteiger partial charge on any atom is 0.398 e. The number of halogens is 4. The van der Waals surface area contributed by atoms with Gasteiger partial charge in [0.25, 0.3) is 5.91 Å². The summed E-state index contributed by atoms with van der Waals surface area (Å²) in [6, 6.07) is 7.45. The van der Waals surface area contributed by atoms with E-state index in [0.29, 0.717) is 29.0 Å². The maximum absolute atomic E-state index is 12.6. The smallest absolute Gasteiger partial charge is 0.325 e. The highest BCUT2D eigenvalue weighted by atomic mass is 32.2. The standard InChI is InChI=1S/C19H15F4N5OS/c20-8-12-1-2-16(26-9-12)28-17-7-13(3-6-25-17)18(29)27-14-10-24-5-4-15(14)30-11-19(21,22)23/h1-7,9-10H,8,11H2,(H,27,29)(H,25,26,28). The van der Waals surface area contributed by atoms with E-state index in [1.165, 1.54) is 43.0 Å². The summed E-state index contributed by atoms with van der Waals surface area (Å²) in [7, 11) is 0. The quantitative estimate of drug-likeness (QED) is 0.400. The molecule has 0 atom stereocenters. The van der Waals surface area contributed by atoms with Crippen molar-refractivity contribution in [1.29, 1.82) is 0 Å². The number of carbonyl (C=O) groups is 1. The molecule has 156 valence electrons. The summed E-state index contributed by atoms with van der Waals surface area (Å²) >= 11 is 0.560. The minimum absolute atomic E-state index is 0.173. The molecule has 3 aromatic heterocycles. The fraction of sp³-hybridized carbons (Fsp3) is 0.158. The number of carbonyl (C=O) groups excluding carboxylic acids is 1. The minimum Gasteiger partial charge on any atom is -0.325 e. The Kier molecular flexibility index (Phi) is 6.83. The van der Waals surface area contributed by atoms with Gasteiger partial charge in [0.05, 0.1) is 17.6 Å². The van der Waals surface area contributed by atoms with Crippen LogP contribution in [0.3, 0.4) is 0 Å². The molecule has 0 aromatic carbocycles. The Bertz CT molecular complexity index is 1010. The Morgan fingerprint density at radius 1 is 1.03 bits per heavy atom. The summed E-state index contributed by atoms with van der Waals surface area (Å²) in [5.41, 5.74) is 0.826. The van der Waals surface area contributed by atoms with Gasteiger partial charge >= 0.3 is 6.18 Å². The molecule has 0 saturated carbocycles. The van der Waals surface area contributed by atoms with Gasteiger partial charge in [-0.15, -0.1) is 11.8 Å². The Morgan fingerprint density at radius 2 is 1.87 bits per heavy atom. The lowest BCUT2D eigenvalue weighted by atomic mass is 10.2. The lowest BCUT2D eigenvalue weighted by Crippen LogP contribution is -2.14. The summed E-state index contributed by atoms with van der Waals surface area (Å²) < 4.78 is 50.1. The van der Waals surface area contributed by atoms with Crippen molar-refractivity contribution in [3.63, 3.8) is 0 Å². The van der Waals surface area contributed by atoms with E-state index in [1.54, 1.807) is 12.1 Å². The van der Waals surface area contributed by atoms with Crippen molar-refractivity contribution >= 4 is 35.0 Å². The third kappa shape index (κ3) is 6.14. The molecular formula is C19H15F4N5OS. The molecule has 0 radical (unpaired) electrons. The number of amides is 1. The molecule has 3 heterocycles. The Labute approximate surface area is 173 Å². The zero-order chi connectivity index (χ0) is 21.6. The van der Waals surface area contributed by atoms with E-state index >= 15 is 0 Å². The van der Waals surface area contributed by atoms with E-state index in [4.69, 9.17) is 0 Å². The number of aromatic nitrogens is 3. The Hall–Kier alpha value is -3.21. The second-order valence-electron chi connectivity index (χ2n) is 5.97. The summed E-state index contributed by atoms with van der Waals surface area (Å²) in [4.78, 5) is 24.8. The number of anilines is 3. The SMILES string of the molecule is O=C(Nc1cnccc1SCC(F)(F)F)c1ccnc(Nc2ccc(CF)cn2)c1. The van der Waals surface area contributed by atoms with Crippen molar-refractivity contribution in [2.45, 2.75) is 17.7 Å². The highest BCUT2D eigenvalue weighted by molar-refractivity contribution is 7.99. The van der Waals surface area contributed by atoms with Crippen molar-refractivity contribution in [3.8, 4) is 0 Å². The van der Waals surface area contributed by atoms with Crippen LogP contribution >= 0.6 is 11.8 Å². The lowest BCUT2D eigenvalue weighted by Gasteiger charge is -2.12. The number of hydrogen-bond acceptors (Lipinski definition) is 6. The van der Waals surface area contributed by atoms with Gasteiger partial charge in [-0.05, 0) is 24.3 Å². The fourth-order valence-corrected chi connectivity index (χ4v) is 3.04. The van der Waals surface area contributed by atoms with Gasteiger partial charge in [-0.2, -0.15) is 13.2 Å². The average molecular weight is 437 g/mol. The van der Waals surface area contributed by atoms with E-state index in [1.807, 2.05) is 0 Å². The van der Waals surface area contributed by atoms with Crippen LogP contribution < -0.4 is 10.6 Å². The van der Waals surface area contributed by atoms with Crippen LogP contribution in [-0.2, 0) is 6.67 Å². The first kappa shape index (κ1) is 21.5. The molecule has 6 nitrogen and oxygen atoms in total. The molecule has 0 aliphatic carbocycles. The lowest BCUT2D eigenvalue weighted by molar-refractivity contribution is -0.105. The van der Waals surface area contributed by atoms with Gasteiger partial charge in [-0.25, -0.2) is 14.4 Å². The normalized spacial score (nSPS) is 11.2. The third-order valence-electron chi connectivity index (χ3n) is 3.68. The molecule has 0 fully saturated rings. The predicted octanol–water partition coefficient (Wildman–Crippen LogP) is 4.99. The van der Waals surface area contributed by atoms with Gasteiger partial charge in [-0.3, -0.25) is 9.78 Å². The molecule has 0 saturated heterocycles. The molecule has 0 unspecified atom stereocenters. The number of nitrogens with one attached hydrogen (secondary N) is 2. The summed E-state index contributed by atoms with van der Waals surface area (Å²) in [6.07, 6.45) is 1.08. The molecule has 3 rings (SSSR count). The third-order valence-corrected chi connectivity index (χ3v) is 4.82. The Morgan fingerprint density at radius 3 is 2.57 bits per heavy atom. The molecular weight excluding hydrogens is 422 g/mol. The second kappa shape index (κ2) is 9.53. The van der Waals surface area contributed by atoms with Gasteiger partial charge in [0, 0.05) is 34.6 Å². The largest absolute Gasteiger partial charge is 0.398 e. The van der Waals surface area contributed by atoms with Crippen molar-refractivity contribution in [3.05, 3.63) is 66.2 Å². The predicted molar refractivity (Wildman–Crippen MR) is 106 cm³/mol. The van der Waals surface area contributed by atoms with Crippen LogP contribution in [-0.4, -0.2) is 32.8 Å². The maximum atomic E-state index is 12.6. The number of thioether (sulfide) groups is 1. The topological polar surface area (TPSA) is 79.8 Å².